The number of methoxy groups -OCH3 is 2. The largest absolute Gasteiger partial charge is 0.496 e. The van der Waals surface area contributed by atoms with Crippen molar-refractivity contribution in [3.8, 4) is 34.3 Å². The third-order valence-corrected chi connectivity index (χ3v) is 4.39. The average molecular weight is 350 g/mol. The number of rotatable bonds is 4. The van der Waals surface area contributed by atoms with Crippen LogP contribution >= 0.6 is 0 Å². The maximum atomic E-state index is 12.0. The van der Waals surface area contributed by atoms with Crippen LogP contribution in [-0.2, 0) is 6.42 Å². The molecule has 2 aromatic heterocycles. The van der Waals surface area contributed by atoms with E-state index in [9.17, 15) is 4.79 Å². The third-order valence-electron chi connectivity index (χ3n) is 4.39. The number of hydrogen-bond acceptors (Lipinski definition) is 5. The van der Waals surface area contributed by atoms with Gasteiger partial charge >= 0.3 is 0 Å². The fourth-order valence-electron chi connectivity index (χ4n) is 3.13. The second-order valence-corrected chi connectivity index (χ2v) is 5.88. The van der Waals surface area contributed by atoms with E-state index in [0.29, 0.717) is 40.7 Å². The van der Waals surface area contributed by atoms with Gasteiger partial charge in [-0.25, -0.2) is 9.97 Å². The van der Waals surface area contributed by atoms with Crippen molar-refractivity contribution < 1.29 is 14.3 Å². The Hall–Kier alpha value is -3.35. The Labute approximate surface area is 150 Å². The van der Waals surface area contributed by atoms with Crippen molar-refractivity contribution in [2.75, 3.05) is 20.8 Å². The van der Waals surface area contributed by atoms with Gasteiger partial charge < -0.3 is 19.8 Å². The molecule has 1 aliphatic heterocycles. The molecule has 2 N–H and O–H groups in total. The van der Waals surface area contributed by atoms with Crippen LogP contribution in [-0.4, -0.2) is 41.6 Å². The van der Waals surface area contributed by atoms with E-state index in [0.717, 1.165) is 17.8 Å². The summed E-state index contributed by atoms with van der Waals surface area (Å²) in [5.41, 5.74) is 3.77. The zero-order valence-corrected chi connectivity index (χ0v) is 14.5. The number of amides is 1. The number of nitrogens with zero attached hydrogens (tertiary/aromatic N) is 2. The van der Waals surface area contributed by atoms with E-state index < -0.39 is 0 Å². The summed E-state index contributed by atoms with van der Waals surface area (Å²) in [6.45, 7) is 0.638. The highest BCUT2D eigenvalue weighted by atomic mass is 16.5. The Bertz CT molecular complexity index is 958. The van der Waals surface area contributed by atoms with Crippen LogP contribution in [0.25, 0.3) is 22.8 Å². The van der Waals surface area contributed by atoms with Gasteiger partial charge in [0.25, 0.3) is 5.91 Å². The van der Waals surface area contributed by atoms with Gasteiger partial charge in [0.2, 0.25) is 0 Å². The summed E-state index contributed by atoms with van der Waals surface area (Å²) in [6.07, 6.45) is 2.46. The van der Waals surface area contributed by atoms with Gasteiger partial charge in [-0.05, 0) is 24.3 Å². The fourth-order valence-corrected chi connectivity index (χ4v) is 3.13. The van der Waals surface area contributed by atoms with Crippen molar-refractivity contribution in [1.82, 2.24) is 20.3 Å². The smallest absolute Gasteiger partial charge is 0.253 e. The van der Waals surface area contributed by atoms with E-state index in [-0.39, 0.29) is 5.91 Å². The zero-order valence-electron chi connectivity index (χ0n) is 14.5. The zero-order chi connectivity index (χ0) is 18.1. The first kappa shape index (κ1) is 16.1. The van der Waals surface area contributed by atoms with E-state index in [4.69, 9.17) is 9.47 Å². The van der Waals surface area contributed by atoms with Gasteiger partial charge in [0, 0.05) is 24.9 Å². The minimum atomic E-state index is -0.0607. The maximum absolute atomic E-state index is 12.0. The monoisotopic (exact) mass is 350 g/mol. The molecule has 4 rings (SSSR count). The first-order chi connectivity index (χ1) is 12.7. The number of H-pyrrole nitrogens is 1. The summed E-state index contributed by atoms with van der Waals surface area (Å²) in [7, 11) is 3.19. The molecule has 7 heteroatoms. The summed E-state index contributed by atoms with van der Waals surface area (Å²) >= 11 is 0. The van der Waals surface area contributed by atoms with Gasteiger partial charge in [0.05, 0.1) is 31.2 Å². The van der Waals surface area contributed by atoms with Crippen molar-refractivity contribution in [1.29, 1.82) is 0 Å². The first-order valence-electron chi connectivity index (χ1n) is 8.26. The Kier molecular flexibility index (Phi) is 4.04. The second kappa shape index (κ2) is 6.51. The van der Waals surface area contributed by atoms with Gasteiger partial charge in [0.15, 0.2) is 5.82 Å². The molecule has 132 valence electrons. The highest BCUT2D eigenvalue weighted by molar-refractivity contribution is 5.97. The minimum absolute atomic E-state index is 0.0607. The lowest BCUT2D eigenvalue weighted by atomic mass is 10.1. The predicted molar refractivity (Wildman–Crippen MR) is 96.4 cm³/mol. The first-order valence-corrected chi connectivity index (χ1v) is 8.26. The number of aromatic amines is 1. The van der Waals surface area contributed by atoms with Crippen molar-refractivity contribution >= 4 is 5.91 Å². The molecule has 0 spiro atoms. The quantitative estimate of drug-likeness (QED) is 0.754. The summed E-state index contributed by atoms with van der Waals surface area (Å²) in [6, 6.07) is 9.16. The Morgan fingerprint density at radius 2 is 1.88 bits per heavy atom. The van der Waals surface area contributed by atoms with Crippen LogP contribution in [0.1, 0.15) is 16.1 Å². The van der Waals surface area contributed by atoms with Gasteiger partial charge in [0.1, 0.15) is 17.1 Å². The standard InChI is InChI=1S/C19H18N4O3/c1-25-15-4-3-5-16(26-2)17(15)18-20-8-7-13(23-18)14-10-11-12(22-14)6-9-21-19(11)24/h3-5,7-8,10,22H,6,9H2,1-2H3,(H,21,24). The lowest BCUT2D eigenvalue weighted by molar-refractivity contribution is 0.0946. The molecular weight excluding hydrogens is 332 g/mol. The van der Waals surface area contributed by atoms with E-state index >= 15 is 0 Å². The van der Waals surface area contributed by atoms with E-state index in [1.54, 1.807) is 26.5 Å². The summed E-state index contributed by atoms with van der Waals surface area (Å²) in [5, 5.41) is 2.85. The van der Waals surface area contributed by atoms with E-state index in [2.05, 4.69) is 20.3 Å². The Morgan fingerprint density at radius 3 is 2.58 bits per heavy atom. The van der Waals surface area contributed by atoms with Crippen LogP contribution in [0.2, 0.25) is 0 Å². The number of benzene rings is 1. The van der Waals surface area contributed by atoms with Gasteiger partial charge in [-0.15, -0.1) is 0 Å². The van der Waals surface area contributed by atoms with Crippen molar-refractivity contribution in [2.45, 2.75) is 6.42 Å². The molecule has 0 saturated carbocycles. The average Bonchev–Trinajstić information content (AvgIpc) is 3.13. The summed E-state index contributed by atoms with van der Waals surface area (Å²) in [5.74, 6) is 1.70. The molecule has 0 bridgehead atoms. The molecule has 26 heavy (non-hydrogen) atoms. The highest BCUT2D eigenvalue weighted by Crippen LogP contribution is 2.36. The predicted octanol–water partition coefficient (Wildman–Crippen LogP) is 2.44. The molecule has 0 atom stereocenters. The minimum Gasteiger partial charge on any atom is -0.496 e. The van der Waals surface area contributed by atoms with Crippen LogP contribution in [0.3, 0.4) is 0 Å². The van der Waals surface area contributed by atoms with Gasteiger partial charge in [-0.2, -0.15) is 0 Å². The van der Waals surface area contributed by atoms with Crippen molar-refractivity contribution in [3.05, 3.63) is 47.8 Å². The van der Waals surface area contributed by atoms with E-state index in [1.165, 1.54) is 0 Å². The molecule has 0 aliphatic carbocycles. The van der Waals surface area contributed by atoms with Crippen molar-refractivity contribution in [2.24, 2.45) is 0 Å². The number of hydrogen-bond donors (Lipinski definition) is 2. The lowest BCUT2D eigenvalue weighted by Crippen LogP contribution is -2.31. The molecule has 0 saturated heterocycles. The van der Waals surface area contributed by atoms with Crippen LogP contribution in [0.4, 0.5) is 0 Å². The molecule has 1 amide bonds. The summed E-state index contributed by atoms with van der Waals surface area (Å²) in [4.78, 5) is 24.3. The molecule has 3 heterocycles. The van der Waals surface area contributed by atoms with E-state index in [1.807, 2.05) is 24.3 Å². The fraction of sp³-hybridized carbons (Fsp3) is 0.211. The lowest BCUT2D eigenvalue weighted by Gasteiger charge is -2.12. The molecule has 0 fully saturated rings. The number of carbonyl (C=O) groups is 1. The number of aromatic nitrogens is 3. The normalized spacial score (nSPS) is 13.1. The van der Waals surface area contributed by atoms with Crippen LogP contribution in [0, 0.1) is 0 Å². The van der Waals surface area contributed by atoms with Crippen LogP contribution in [0.5, 0.6) is 11.5 Å². The topological polar surface area (TPSA) is 89.1 Å². The van der Waals surface area contributed by atoms with Crippen molar-refractivity contribution in [3.63, 3.8) is 0 Å². The number of nitrogens with one attached hydrogen (secondary N) is 2. The number of ether oxygens (including phenoxy) is 2. The molecular formula is C19H18N4O3. The highest BCUT2D eigenvalue weighted by Gasteiger charge is 2.21. The number of carbonyl (C=O) groups excluding carboxylic acids is 1. The van der Waals surface area contributed by atoms with Crippen LogP contribution in [0.15, 0.2) is 36.5 Å². The van der Waals surface area contributed by atoms with Gasteiger partial charge in [-0.1, -0.05) is 6.07 Å². The molecule has 0 unspecified atom stereocenters. The molecule has 1 aliphatic rings. The molecule has 1 aromatic carbocycles. The second-order valence-electron chi connectivity index (χ2n) is 5.88. The van der Waals surface area contributed by atoms with Crippen LogP contribution < -0.4 is 14.8 Å². The Balaban J connectivity index is 1.81. The van der Waals surface area contributed by atoms with Gasteiger partial charge in [-0.3, -0.25) is 4.79 Å². The third kappa shape index (κ3) is 2.67. The number of fused-ring (bicyclic) bond motifs is 1. The summed E-state index contributed by atoms with van der Waals surface area (Å²) < 4.78 is 10.9. The molecule has 3 aromatic rings. The molecule has 7 nitrogen and oxygen atoms in total. The molecule has 0 radical (unpaired) electrons. The SMILES string of the molecule is COc1cccc(OC)c1-c1nccc(-c2cc3c([nH]2)CCNC3=O)n1. The maximum Gasteiger partial charge on any atom is 0.253 e. The Morgan fingerprint density at radius 1 is 1.12 bits per heavy atom.